The Morgan fingerprint density at radius 3 is 1.15 bits per heavy atom. The van der Waals surface area contributed by atoms with Gasteiger partial charge in [0, 0.05) is 22.9 Å². The van der Waals surface area contributed by atoms with E-state index in [0.29, 0.717) is 104 Å². The molecule has 0 aliphatic rings. The maximum absolute atomic E-state index is 5.81. The molecule has 10 nitrogen and oxygen atoms in total. The van der Waals surface area contributed by atoms with Crippen molar-refractivity contribution in [1.29, 1.82) is 0 Å². The molecule has 2 heterocycles. The Kier molecular flexibility index (Phi) is 15.6. The number of benzene rings is 1. The summed E-state index contributed by atoms with van der Waals surface area (Å²) in [6.45, 7) is 14.0. The summed E-state index contributed by atoms with van der Waals surface area (Å²) in [6, 6.07) is 11.7. The van der Waals surface area contributed by atoms with E-state index in [9.17, 15) is 0 Å². The highest BCUT2D eigenvalue weighted by Gasteiger charge is 2.08. The van der Waals surface area contributed by atoms with Crippen LogP contribution in [-0.2, 0) is 28.4 Å². The molecule has 0 N–H and O–H groups in total. The third-order valence-electron chi connectivity index (χ3n) is 5.38. The van der Waals surface area contributed by atoms with Crippen LogP contribution in [0.5, 0.6) is 11.8 Å². The van der Waals surface area contributed by atoms with Crippen LogP contribution in [0.1, 0.15) is 0 Å². The lowest BCUT2D eigenvalue weighted by Gasteiger charge is -2.10. The van der Waals surface area contributed by atoms with E-state index in [1.807, 2.05) is 36.4 Å². The molecule has 2 aromatic heterocycles. The zero-order chi connectivity index (χ0) is 28.1. The number of hydrogen-bond acceptors (Lipinski definition) is 10. The highest BCUT2D eigenvalue weighted by atomic mass is 16.6. The van der Waals surface area contributed by atoms with Crippen molar-refractivity contribution in [3.05, 3.63) is 61.7 Å². The molecule has 3 aromatic rings. The molecule has 40 heavy (non-hydrogen) atoms. The van der Waals surface area contributed by atoms with E-state index in [1.54, 1.807) is 12.2 Å². The second-order valence-electron chi connectivity index (χ2n) is 8.38. The average molecular weight is 557 g/mol. The predicted molar refractivity (Wildman–Crippen MR) is 153 cm³/mol. The molecule has 0 bridgehead atoms. The van der Waals surface area contributed by atoms with E-state index >= 15 is 0 Å². The Morgan fingerprint density at radius 2 is 0.775 bits per heavy atom. The first kappa shape index (κ1) is 31.4. The number of aromatic nitrogens is 2. The Labute approximate surface area is 235 Å². The molecule has 0 amide bonds. The van der Waals surface area contributed by atoms with E-state index < -0.39 is 0 Å². The van der Waals surface area contributed by atoms with Crippen LogP contribution in [0, 0.1) is 0 Å². The summed E-state index contributed by atoms with van der Waals surface area (Å²) in [5.74, 6) is 1.02. The van der Waals surface area contributed by atoms with E-state index in [0.717, 1.165) is 21.8 Å². The minimum Gasteiger partial charge on any atom is -0.475 e. The first-order chi connectivity index (χ1) is 19.8. The van der Waals surface area contributed by atoms with Crippen LogP contribution in [-0.4, -0.2) is 102 Å². The van der Waals surface area contributed by atoms with Crippen LogP contribution in [0.3, 0.4) is 0 Å². The Balaban J connectivity index is 1.38. The number of fused-ring (bicyclic) bond motifs is 3. The first-order valence-electron chi connectivity index (χ1n) is 13.5. The summed E-state index contributed by atoms with van der Waals surface area (Å²) in [5.41, 5.74) is 1.50. The molecule has 0 saturated carbocycles. The molecule has 10 heteroatoms. The summed E-state index contributed by atoms with van der Waals surface area (Å²) in [6.07, 6.45) is 3.42. The fraction of sp³-hybridized carbons (Fsp3) is 0.467. The monoisotopic (exact) mass is 556 g/mol. The zero-order valence-electron chi connectivity index (χ0n) is 23.1. The molecule has 0 saturated heterocycles. The average Bonchev–Trinajstić information content (AvgIpc) is 2.98. The summed E-state index contributed by atoms with van der Waals surface area (Å²) in [7, 11) is 0. The van der Waals surface area contributed by atoms with Crippen LogP contribution in [0.2, 0.25) is 0 Å². The fourth-order valence-electron chi connectivity index (χ4n) is 3.52. The van der Waals surface area contributed by atoms with Gasteiger partial charge in [-0.05, 0) is 12.1 Å². The van der Waals surface area contributed by atoms with Crippen LogP contribution in [0.15, 0.2) is 61.7 Å². The Bertz CT molecular complexity index is 1050. The van der Waals surface area contributed by atoms with Gasteiger partial charge in [0.15, 0.2) is 0 Å². The largest absolute Gasteiger partial charge is 0.475 e. The molecule has 1 aromatic carbocycles. The van der Waals surface area contributed by atoms with Gasteiger partial charge in [-0.15, -0.1) is 13.2 Å². The third-order valence-corrected chi connectivity index (χ3v) is 5.38. The lowest BCUT2D eigenvalue weighted by Crippen LogP contribution is -2.13. The summed E-state index contributed by atoms with van der Waals surface area (Å²) in [5, 5.41) is 1.93. The maximum Gasteiger partial charge on any atom is 0.213 e. The summed E-state index contributed by atoms with van der Waals surface area (Å²) in [4.78, 5) is 9.39. The second kappa shape index (κ2) is 19.9. The van der Waals surface area contributed by atoms with Crippen molar-refractivity contribution in [3.8, 4) is 11.8 Å². The predicted octanol–water partition coefficient (Wildman–Crippen LogP) is 4.01. The molecule has 0 aliphatic carbocycles. The van der Waals surface area contributed by atoms with Crippen molar-refractivity contribution in [2.75, 3.05) is 92.5 Å². The fourth-order valence-corrected chi connectivity index (χ4v) is 3.52. The van der Waals surface area contributed by atoms with Gasteiger partial charge < -0.3 is 37.9 Å². The molecule has 0 fully saturated rings. The van der Waals surface area contributed by atoms with Gasteiger partial charge in [0.1, 0.15) is 24.2 Å². The van der Waals surface area contributed by atoms with E-state index in [2.05, 4.69) is 13.2 Å². The highest BCUT2D eigenvalue weighted by molar-refractivity contribution is 6.03. The molecule has 3 rings (SSSR count). The first-order valence-corrected chi connectivity index (χ1v) is 13.5. The molecule has 0 radical (unpaired) electrons. The second-order valence-corrected chi connectivity index (χ2v) is 8.38. The SMILES string of the molecule is C=CCOCCOCCOCCOc1ccc2ccc3ccc(OCCOCCOCCOCC=C)nc3c2n1. The minimum absolute atomic E-state index is 0.377. The zero-order valence-corrected chi connectivity index (χ0v) is 23.1. The Hall–Kier alpha value is -3.12. The van der Waals surface area contributed by atoms with Gasteiger partial charge in [0.25, 0.3) is 0 Å². The molecule has 0 aliphatic heterocycles. The van der Waals surface area contributed by atoms with Crippen molar-refractivity contribution in [3.63, 3.8) is 0 Å². The number of ether oxygens (including phenoxy) is 8. The number of rotatable bonds is 24. The highest BCUT2D eigenvalue weighted by Crippen LogP contribution is 2.26. The number of nitrogens with zero attached hydrogens (tertiary/aromatic N) is 2. The molecule has 0 unspecified atom stereocenters. The van der Waals surface area contributed by atoms with Crippen molar-refractivity contribution in [1.82, 2.24) is 9.97 Å². The van der Waals surface area contributed by atoms with Crippen LogP contribution >= 0.6 is 0 Å². The van der Waals surface area contributed by atoms with Gasteiger partial charge in [0.2, 0.25) is 11.8 Å². The van der Waals surface area contributed by atoms with Gasteiger partial charge in [0.05, 0.1) is 79.3 Å². The van der Waals surface area contributed by atoms with Gasteiger partial charge in [-0.25, -0.2) is 9.97 Å². The molecule has 218 valence electrons. The normalized spacial score (nSPS) is 11.2. The standard InChI is InChI=1S/C30H40N2O8/c1-3-11-33-13-15-35-17-19-37-21-23-39-27-9-7-25-5-6-26-8-10-28(32-30(26)29(25)31-27)40-24-22-38-20-18-36-16-14-34-12-4-2/h3-10H,1-2,11-24H2. The smallest absolute Gasteiger partial charge is 0.213 e. The van der Waals surface area contributed by atoms with Crippen molar-refractivity contribution in [2.24, 2.45) is 0 Å². The molecular formula is C30H40N2O8. The molecular weight excluding hydrogens is 516 g/mol. The minimum atomic E-state index is 0.377. The van der Waals surface area contributed by atoms with Gasteiger partial charge >= 0.3 is 0 Å². The van der Waals surface area contributed by atoms with E-state index in [4.69, 9.17) is 47.9 Å². The Morgan fingerprint density at radius 1 is 0.450 bits per heavy atom. The number of hydrogen-bond donors (Lipinski definition) is 0. The summed E-state index contributed by atoms with van der Waals surface area (Å²) >= 11 is 0. The van der Waals surface area contributed by atoms with Gasteiger partial charge in [-0.3, -0.25) is 0 Å². The van der Waals surface area contributed by atoms with Crippen molar-refractivity contribution >= 4 is 21.8 Å². The van der Waals surface area contributed by atoms with Crippen LogP contribution in [0.25, 0.3) is 21.8 Å². The van der Waals surface area contributed by atoms with Crippen LogP contribution < -0.4 is 9.47 Å². The molecule has 0 spiro atoms. The van der Waals surface area contributed by atoms with E-state index in [1.165, 1.54) is 0 Å². The summed E-state index contributed by atoms with van der Waals surface area (Å²) < 4.78 is 44.1. The quantitative estimate of drug-likeness (QED) is 0.0914. The molecule has 0 atom stereocenters. The van der Waals surface area contributed by atoms with Gasteiger partial charge in [-0.2, -0.15) is 0 Å². The topological polar surface area (TPSA) is 99.6 Å². The number of pyridine rings is 2. The lowest BCUT2D eigenvalue weighted by atomic mass is 10.1. The van der Waals surface area contributed by atoms with E-state index in [-0.39, 0.29) is 0 Å². The third kappa shape index (κ3) is 12.0. The van der Waals surface area contributed by atoms with Gasteiger partial charge in [-0.1, -0.05) is 24.3 Å². The lowest BCUT2D eigenvalue weighted by molar-refractivity contribution is 0.0133. The maximum atomic E-state index is 5.81. The van der Waals surface area contributed by atoms with Crippen LogP contribution in [0.4, 0.5) is 0 Å². The van der Waals surface area contributed by atoms with Crippen molar-refractivity contribution < 1.29 is 37.9 Å². The van der Waals surface area contributed by atoms with Crippen molar-refractivity contribution in [2.45, 2.75) is 0 Å².